The number of amides is 1. The Labute approximate surface area is 138 Å². The molecule has 0 saturated heterocycles. The minimum absolute atomic E-state index is 0.0205. The number of rotatable bonds is 7. The number of aryl methyl sites for hydroxylation is 1. The number of hydrogen-bond donors (Lipinski definition) is 1. The van der Waals surface area contributed by atoms with Crippen LogP contribution in [0.15, 0.2) is 29.2 Å². The topological polar surface area (TPSA) is 63.2 Å². The van der Waals surface area contributed by atoms with Crippen LogP contribution in [0.5, 0.6) is 0 Å². The summed E-state index contributed by atoms with van der Waals surface area (Å²) in [6, 6.07) is 8.02. The molecule has 1 rings (SSSR count). The van der Waals surface area contributed by atoms with Gasteiger partial charge in [0.1, 0.15) is 0 Å². The minimum Gasteiger partial charge on any atom is -0.274 e. The van der Waals surface area contributed by atoms with Gasteiger partial charge in [0.2, 0.25) is 15.9 Å². The summed E-state index contributed by atoms with van der Waals surface area (Å²) in [6.07, 6.45) is 0.709. The Morgan fingerprint density at radius 3 is 2.32 bits per heavy atom. The average Bonchev–Trinajstić information content (AvgIpc) is 2.38. The second kappa shape index (κ2) is 8.02. The molecule has 22 heavy (non-hydrogen) atoms. The van der Waals surface area contributed by atoms with Crippen molar-refractivity contribution < 1.29 is 13.2 Å². The van der Waals surface area contributed by atoms with Crippen LogP contribution in [-0.2, 0) is 14.8 Å². The number of benzene rings is 1. The molecule has 1 aromatic rings. The van der Waals surface area contributed by atoms with Gasteiger partial charge in [-0.05, 0) is 30.9 Å². The Kier molecular flexibility index (Phi) is 6.94. The quantitative estimate of drug-likeness (QED) is 0.771. The Morgan fingerprint density at radius 2 is 1.77 bits per heavy atom. The third kappa shape index (κ3) is 8.44. The molecule has 0 fully saturated rings. The fraction of sp³-hybridized carbons (Fsp3) is 0.562. The Hall–Kier alpha value is -1.01. The number of hydrogen-bond acceptors (Lipinski definition) is 4. The predicted octanol–water partition coefficient (Wildman–Crippen LogP) is 3.36. The minimum atomic E-state index is -3.52. The Bertz CT molecular complexity index is 587. The molecule has 124 valence electrons. The second-order valence-electron chi connectivity index (χ2n) is 6.57. The first-order valence-corrected chi connectivity index (χ1v) is 9.94. The van der Waals surface area contributed by atoms with Gasteiger partial charge in [-0.1, -0.05) is 38.5 Å². The molecule has 0 saturated carbocycles. The summed E-state index contributed by atoms with van der Waals surface area (Å²) in [7, 11) is -3.52. The van der Waals surface area contributed by atoms with Crippen LogP contribution in [0.25, 0.3) is 0 Å². The zero-order chi connectivity index (χ0) is 16.8. The van der Waals surface area contributed by atoms with E-state index in [4.69, 9.17) is 0 Å². The van der Waals surface area contributed by atoms with E-state index in [1.54, 1.807) is 11.8 Å². The molecule has 0 aliphatic carbocycles. The van der Waals surface area contributed by atoms with Gasteiger partial charge < -0.3 is 0 Å². The van der Waals surface area contributed by atoms with Crippen molar-refractivity contribution in [3.8, 4) is 0 Å². The van der Waals surface area contributed by atoms with Gasteiger partial charge >= 0.3 is 0 Å². The fourth-order valence-electron chi connectivity index (χ4n) is 1.61. The summed E-state index contributed by atoms with van der Waals surface area (Å²) in [4.78, 5) is 12.8. The summed E-state index contributed by atoms with van der Waals surface area (Å²) >= 11 is 1.55. The molecule has 0 spiro atoms. The molecule has 1 amide bonds. The lowest BCUT2D eigenvalue weighted by atomic mass is 9.94. The molecule has 0 bridgehead atoms. The highest BCUT2D eigenvalue weighted by Crippen LogP contribution is 2.20. The fourth-order valence-corrected chi connectivity index (χ4v) is 3.90. The molecular formula is C16H25NO3S2. The SMILES string of the molecule is Cc1ccc(SCCC(=O)NS(=O)(=O)CCC(C)(C)C)cc1. The smallest absolute Gasteiger partial charge is 0.234 e. The van der Waals surface area contributed by atoms with Gasteiger partial charge in [-0.2, -0.15) is 0 Å². The van der Waals surface area contributed by atoms with Crippen LogP contribution in [0, 0.1) is 12.3 Å². The zero-order valence-corrected chi connectivity index (χ0v) is 15.3. The molecule has 6 heteroatoms. The number of sulfonamides is 1. The van der Waals surface area contributed by atoms with Crippen molar-refractivity contribution in [3.63, 3.8) is 0 Å². The third-order valence-electron chi connectivity index (χ3n) is 3.01. The van der Waals surface area contributed by atoms with Gasteiger partial charge in [-0.15, -0.1) is 11.8 Å². The van der Waals surface area contributed by atoms with Crippen LogP contribution in [0.2, 0.25) is 0 Å². The van der Waals surface area contributed by atoms with Crippen LogP contribution in [0.4, 0.5) is 0 Å². The van der Waals surface area contributed by atoms with E-state index in [1.165, 1.54) is 5.56 Å². The first kappa shape index (κ1) is 19.0. The largest absolute Gasteiger partial charge is 0.274 e. The van der Waals surface area contributed by atoms with Crippen LogP contribution in [0.3, 0.4) is 0 Å². The van der Waals surface area contributed by atoms with E-state index in [1.807, 2.05) is 52.0 Å². The monoisotopic (exact) mass is 343 g/mol. The van der Waals surface area contributed by atoms with Crippen molar-refractivity contribution in [2.75, 3.05) is 11.5 Å². The normalized spacial score (nSPS) is 12.2. The number of thioether (sulfide) groups is 1. The summed E-state index contributed by atoms with van der Waals surface area (Å²) in [6.45, 7) is 7.94. The zero-order valence-electron chi connectivity index (χ0n) is 13.7. The molecule has 0 radical (unpaired) electrons. The van der Waals surface area contributed by atoms with E-state index in [9.17, 15) is 13.2 Å². The summed E-state index contributed by atoms with van der Waals surface area (Å²) < 4.78 is 25.8. The van der Waals surface area contributed by atoms with Gasteiger partial charge in [-0.3, -0.25) is 9.52 Å². The molecular weight excluding hydrogens is 318 g/mol. The lowest BCUT2D eigenvalue weighted by molar-refractivity contribution is -0.118. The van der Waals surface area contributed by atoms with Gasteiger partial charge in [0, 0.05) is 17.1 Å². The highest BCUT2D eigenvalue weighted by atomic mass is 32.2. The lowest BCUT2D eigenvalue weighted by Crippen LogP contribution is -2.33. The number of carbonyl (C=O) groups excluding carboxylic acids is 1. The predicted molar refractivity (Wildman–Crippen MR) is 92.5 cm³/mol. The van der Waals surface area contributed by atoms with Crippen molar-refractivity contribution in [2.45, 2.75) is 45.4 Å². The highest BCUT2D eigenvalue weighted by Gasteiger charge is 2.19. The molecule has 0 aromatic heterocycles. The van der Waals surface area contributed by atoms with Crippen molar-refractivity contribution in [1.29, 1.82) is 0 Å². The van der Waals surface area contributed by atoms with Crippen LogP contribution in [-0.4, -0.2) is 25.8 Å². The molecule has 0 aliphatic heterocycles. The van der Waals surface area contributed by atoms with E-state index in [0.29, 0.717) is 12.2 Å². The van der Waals surface area contributed by atoms with Gasteiger partial charge in [0.25, 0.3) is 0 Å². The molecule has 0 atom stereocenters. The van der Waals surface area contributed by atoms with Crippen molar-refractivity contribution >= 4 is 27.7 Å². The van der Waals surface area contributed by atoms with Crippen molar-refractivity contribution in [3.05, 3.63) is 29.8 Å². The molecule has 4 nitrogen and oxygen atoms in total. The second-order valence-corrected chi connectivity index (χ2v) is 9.58. The van der Waals surface area contributed by atoms with Crippen LogP contribution in [0.1, 0.15) is 39.2 Å². The molecule has 1 aromatic carbocycles. The van der Waals surface area contributed by atoms with Gasteiger partial charge in [-0.25, -0.2) is 8.42 Å². The van der Waals surface area contributed by atoms with E-state index < -0.39 is 15.9 Å². The lowest BCUT2D eigenvalue weighted by Gasteiger charge is -2.17. The van der Waals surface area contributed by atoms with E-state index in [2.05, 4.69) is 4.72 Å². The summed E-state index contributed by atoms with van der Waals surface area (Å²) in [5, 5.41) is 0. The Morgan fingerprint density at radius 1 is 1.18 bits per heavy atom. The third-order valence-corrected chi connectivity index (χ3v) is 5.30. The maximum atomic E-state index is 11.8. The maximum absolute atomic E-state index is 11.8. The van der Waals surface area contributed by atoms with Gasteiger partial charge in [0.05, 0.1) is 5.75 Å². The van der Waals surface area contributed by atoms with Crippen molar-refractivity contribution in [2.24, 2.45) is 5.41 Å². The first-order valence-electron chi connectivity index (χ1n) is 7.30. The van der Waals surface area contributed by atoms with E-state index in [0.717, 1.165) is 4.90 Å². The molecule has 1 N–H and O–H groups in total. The maximum Gasteiger partial charge on any atom is 0.234 e. The Balaban J connectivity index is 2.35. The van der Waals surface area contributed by atoms with E-state index >= 15 is 0 Å². The van der Waals surface area contributed by atoms with E-state index in [-0.39, 0.29) is 17.6 Å². The molecule has 0 heterocycles. The summed E-state index contributed by atoms with van der Waals surface area (Å²) in [5.74, 6) is 0.102. The summed E-state index contributed by atoms with van der Waals surface area (Å²) in [5.41, 5.74) is 1.12. The molecule has 0 unspecified atom stereocenters. The van der Waals surface area contributed by atoms with Crippen molar-refractivity contribution in [1.82, 2.24) is 4.72 Å². The van der Waals surface area contributed by atoms with Crippen LogP contribution < -0.4 is 4.72 Å². The standard InChI is InChI=1S/C16H25NO3S2/c1-13-5-7-14(8-6-13)21-11-9-15(18)17-22(19,20)12-10-16(2,3)4/h5-8H,9-12H2,1-4H3,(H,17,18). The number of nitrogens with one attached hydrogen (secondary N) is 1. The van der Waals surface area contributed by atoms with Gasteiger partial charge in [0.15, 0.2) is 0 Å². The van der Waals surface area contributed by atoms with Crippen LogP contribution >= 0.6 is 11.8 Å². The first-order chi connectivity index (χ1) is 10.1. The molecule has 0 aliphatic rings. The average molecular weight is 344 g/mol. The number of carbonyl (C=O) groups is 1. The highest BCUT2D eigenvalue weighted by molar-refractivity contribution is 7.99.